The molecule has 2 fully saturated rings. The van der Waals surface area contributed by atoms with Crippen LogP contribution in [-0.2, 0) is 9.53 Å². The number of hydrogen-bond acceptors (Lipinski definition) is 3. The van der Waals surface area contributed by atoms with Gasteiger partial charge in [-0.2, -0.15) is 0 Å². The van der Waals surface area contributed by atoms with Gasteiger partial charge >= 0.3 is 0 Å². The van der Waals surface area contributed by atoms with Crippen LogP contribution in [0.25, 0.3) is 0 Å². The van der Waals surface area contributed by atoms with E-state index in [1.165, 1.54) is 12.8 Å². The van der Waals surface area contributed by atoms with Crippen molar-refractivity contribution in [2.45, 2.75) is 51.5 Å². The third kappa shape index (κ3) is 4.09. The van der Waals surface area contributed by atoms with Crippen LogP contribution in [0.2, 0.25) is 0 Å². The molecule has 2 N–H and O–H groups in total. The van der Waals surface area contributed by atoms with E-state index in [-0.39, 0.29) is 23.7 Å². The van der Waals surface area contributed by atoms with Crippen LogP contribution in [0.15, 0.2) is 0 Å². The Balaban J connectivity index is 0.00000200. The summed E-state index contributed by atoms with van der Waals surface area (Å²) in [6.45, 7) is 4.91. The fraction of sp³-hybridized carbons (Fsp3) is 0.933. The monoisotopic (exact) mass is 304 g/mol. The van der Waals surface area contributed by atoms with Gasteiger partial charge < -0.3 is 15.4 Å². The van der Waals surface area contributed by atoms with Crippen LogP contribution in [0.4, 0.5) is 0 Å². The van der Waals surface area contributed by atoms with Gasteiger partial charge in [0, 0.05) is 26.3 Å². The van der Waals surface area contributed by atoms with Gasteiger partial charge in [0.1, 0.15) is 0 Å². The second-order valence-corrected chi connectivity index (χ2v) is 6.28. The van der Waals surface area contributed by atoms with Gasteiger partial charge in [0.15, 0.2) is 0 Å². The summed E-state index contributed by atoms with van der Waals surface area (Å²) in [5, 5.41) is 6.68. The van der Waals surface area contributed by atoms with Crippen molar-refractivity contribution < 1.29 is 9.53 Å². The van der Waals surface area contributed by atoms with E-state index in [1.54, 1.807) is 7.11 Å². The lowest BCUT2D eigenvalue weighted by molar-refractivity contribution is -0.133. The predicted molar refractivity (Wildman–Crippen MR) is 83.2 cm³/mol. The molecule has 4 nitrogen and oxygen atoms in total. The van der Waals surface area contributed by atoms with Crippen molar-refractivity contribution >= 4 is 18.3 Å². The molecule has 0 spiro atoms. The lowest BCUT2D eigenvalue weighted by Crippen LogP contribution is -2.53. The molecule has 0 aromatic rings. The second-order valence-electron chi connectivity index (χ2n) is 6.28. The summed E-state index contributed by atoms with van der Waals surface area (Å²) >= 11 is 0. The number of ether oxygens (including phenoxy) is 1. The molecule has 1 aliphatic heterocycles. The van der Waals surface area contributed by atoms with E-state index < -0.39 is 0 Å². The number of halogens is 1. The van der Waals surface area contributed by atoms with Gasteiger partial charge in [-0.3, -0.25) is 4.79 Å². The topological polar surface area (TPSA) is 50.4 Å². The van der Waals surface area contributed by atoms with Gasteiger partial charge in [-0.15, -0.1) is 12.4 Å². The highest BCUT2D eigenvalue weighted by molar-refractivity contribution is 5.85. The van der Waals surface area contributed by atoms with Crippen LogP contribution in [0.3, 0.4) is 0 Å². The lowest BCUT2D eigenvalue weighted by atomic mass is 9.81. The van der Waals surface area contributed by atoms with Gasteiger partial charge in [-0.05, 0) is 38.1 Å². The van der Waals surface area contributed by atoms with Gasteiger partial charge in [0.2, 0.25) is 5.91 Å². The third-order valence-electron chi connectivity index (χ3n) is 4.97. The SMILES string of the molecule is COCCC1(C(=O)NC2CNCCC2C)CCCC1.Cl. The summed E-state index contributed by atoms with van der Waals surface area (Å²) in [5.74, 6) is 0.841. The van der Waals surface area contributed by atoms with Gasteiger partial charge in [0.25, 0.3) is 0 Å². The minimum Gasteiger partial charge on any atom is -0.385 e. The second kappa shape index (κ2) is 8.20. The average Bonchev–Trinajstić information content (AvgIpc) is 2.89. The maximum absolute atomic E-state index is 12.7. The molecule has 5 heteroatoms. The Hall–Kier alpha value is -0.320. The quantitative estimate of drug-likeness (QED) is 0.818. The molecule has 1 saturated heterocycles. The molecule has 118 valence electrons. The van der Waals surface area contributed by atoms with Crippen LogP contribution in [0.1, 0.15) is 45.4 Å². The molecule has 0 aromatic heterocycles. The Morgan fingerprint density at radius 2 is 2.10 bits per heavy atom. The largest absolute Gasteiger partial charge is 0.385 e. The Morgan fingerprint density at radius 1 is 1.40 bits per heavy atom. The molecule has 2 atom stereocenters. The molecule has 1 amide bonds. The van der Waals surface area contributed by atoms with Crippen molar-refractivity contribution in [3.8, 4) is 0 Å². The predicted octanol–water partition coefficient (Wildman–Crippen LogP) is 2.12. The number of hydrogen-bond donors (Lipinski definition) is 2. The van der Waals surface area contributed by atoms with Gasteiger partial charge in [0.05, 0.1) is 5.41 Å². The number of carbonyl (C=O) groups is 1. The minimum atomic E-state index is -0.160. The maximum atomic E-state index is 12.7. The molecule has 2 unspecified atom stereocenters. The zero-order valence-electron chi connectivity index (χ0n) is 12.7. The van der Waals surface area contributed by atoms with Crippen molar-refractivity contribution in [2.75, 3.05) is 26.8 Å². The summed E-state index contributed by atoms with van der Waals surface area (Å²) in [4.78, 5) is 12.7. The fourth-order valence-corrected chi connectivity index (χ4v) is 3.44. The summed E-state index contributed by atoms with van der Waals surface area (Å²) in [5.41, 5.74) is -0.160. The Bertz CT molecular complexity index is 306. The van der Waals surface area contributed by atoms with Crippen LogP contribution < -0.4 is 10.6 Å². The molecule has 1 saturated carbocycles. The molecule has 1 aliphatic carbocycles. The number of amides is 1. The fourth-order valence-electron chi connectivity index (χ4n) is 3.44. The van der Waals surface area contributed by atoms with Crippen molar-refractivity contribution in [3.63, 3.8) is 0 Å². The highest BCUT2D eigenvalue weighted by Crippen LogP contribution is 2.41. The van der Waals surface area contributed by atoms with Crippen LogP contribution in [0.5, 0.6) is 0 Å². The number of rotatable bonds is 5. The highest BCUT2D eigenvalue weighted by Gasteiger charge is 2.41. The molecule has 20 heavy (non-hydrogen) atoms. The van der Waals surface area contributed by atoms with E-state index in [9.17, 15) is 4.79 Å². The molecule has 2 rings (SSSR count). The van der Waals surface area contributed by atoms with E-state index in [4.69, 9.17) is 4.74 Å². The smallest absolute Gasteiger partial charge is 0.226 e. The van der Waals surface area contributed by atoms with Crippen molar-refractivity contribution in [1.82, 2.24) is 10.6 Å². The minimum absolute atomic E-state index is 0. The van der Waals surface area contributed by atoms with E-state index >= 15 is 0 Å². The normalized spacial score (nSPS) is 28.7. The maximum Gasteiger partial charge on any atom is 0.226 e. The third-order valence-corrected chi connectivity index (χ3v) is 4.97. The molecular weight excluding hydrogens is 276 g/mol. The average molecular weight is 305 g/mol. The van der Waals surface area contributed by atoms with E-state index in [0.29, 0.717) is 18.6 Å². The summed E-state index contributed by atoms with van der Waals surface area (Å²) in [6, 6.07) is 0.293. The molecule has 0 aromatic carbocycles. The van der Waals surface area contributed by atoms with E-state index in [2.05, 4.69) is 17.6 Å². The molecular formula is C15H29ClN2O2. The summed E-state index contributed by atoms with van der Waals surface area (Å²) < 4.78 is 5.20. The Morgan fingerprint density at radius 3 is 2.70 bits per heavy atom. The first-order valence-electron chi connectivity index (χ1n) is 7.68. The standard InChI is InChI=1S/C15H28N2O2.ClH/c1-12-5-9-16-11-13(12)17-14(18)15(8-10-19-2)6-3-4-7-15;/h12-13,16H,3-11H2,1-2H3,(H,17,18);1H. The number of nitrogens with one attached hydrogen (secondary N) is 2. The number of carbonyl (C=O) groups excluding carboxylic acids is 1. The Labute approximate surface area is 128 Å². The lowest BCUT2D eigenvalue weighted by Gasteiger charge is -2.35. The van der Waals surface area contributed by atoms with Crippen molar-refractivity contribution in [1.29, 1.82) is 0 Å². The van der Waals surface area contributed by atoms with Gasteiger partial charge in [-0.1, -0.05) is 19.8 Å². The summed E-state index contributed by atoms with van der Waals surface area (Å²) in [6.07, 6.45) is 6.42. The Kier molecular flexibility index (Phi) is 7.27. The molecule has 2 aliphatic rings. The molecule has 0 radical (unpaired) electrons. The first-order valence-corrected chi connectivity index (χ1v) is 7.68. The van der Waals surface area contributed by atoms with E-state index in [1.807, 2.05) is 0 Å². The first kappa shape index (κ1) is 17.7. The van der Waals surface area contributed by atoms with Gasteiger partial charge in [-0.25, -0.2) is 0 Å². The van der Waals surface area contributed by atoms with Crippen LogP contribution >= 0.6 is 12.4 Å². The van der Waals surface area contributed by atoms with Crippen LogP contribution in [-0.4, -0.2) is 38.8 Å². The highest BCUT2D eigenvalue weighted by atomic mass is 35.5. The summed E-state index contributed by atoms with van der Waals surface area (Å²) in [7, 11) is 1.72. The zero-order valence-corrected chi connectivity index (χ0v) is 13.6. The van der Waals surface area contributed by atoms with E-state index in [0.717, 1.165) is 38.8 Å². The molecule has 0 bridgehead atoms. The van der Waals surface area contributed by atoms with Crippen LogP contribution in [0, 0.1) is 11.3 Å². The zero-order chi connectivity index (χ0) is 13.7. The van der Waals surface area contributed by atoms with Crippen molar-refractivity contribution in [3.05, 3.63) is 0 Å². The first-order chi connectivity index (χ1) is 9.18. The molecule has 1 heterocycles. The number of piperidine rings is 1. The number of methoxy groups -OCH3 is 1. The van der Waals surface area contributed by atoms with Crippen molar-refractivity contribution in [2.24, 2.45) is 11.3 Å².